The molecule has 0 unspecified atom stereocenters. The van der Waals surface area contributed by atoms with Gasteiger partial charge in [0.1, 0.15) is 17.5 Å². The number of anilines is 1. The molecular weight excluding hydrogens is 346 g/mol. The molecule has 8 nitrogen and oxygen atoms in total. The van der Waals surface area contributed by atoms with Crippen molar-refractivity contribution >= 4 is 5.82 Å². The number of nitriles is 1. The van der Waals surface area contributed by atoms with E-state index in [9.17, 15) is 5.26 Å². The van der Waals surface area contributed by atoms with E-state index in [2.05, 4.69) is 16.2 Å². The number of rotatable bonds is 5. The first-order valence-electron chi connectivity index (χ1n) is 8.02. The number of nitrogens with two attached hydrogens (primary N) is 1. The van der Waals surface area contributed by atoms with Crippen molar-refractivity contribution in [2.45, 2.75) is 0 Å². The minimum Gasteiger partial charge on any atom is -0.493 e. The number of methoxy groups -OCH3 is 3. The zero-order valence-electron chi connectivity index (χ0n) is 15.5. The standard InChI is InChI=1S/C19H19N5O3/c1-24-10-12(9-22-24)13-7-15(23-19(21)14(13)8-20)11-5-16(25-2)18(27-4)17(6-11)26-3/h5-7,9-10H,1-4H3,(H2,21,23). The van der Waals surface area contributed by atoms with Crippen molar-refractivity contribution in [1.82, 2.24) is 14.8 Å². The first kappa shape index (κ1) is 18.1. The lowest BCUT2D eigenvalue weighted by molar-refractivity contribution is 0.324. The van der Waals surface area contributed by atoms with E-state index < -0.39 is 0 Å². The van der Waals surface area contributed by atoms with Crippen LogP contribution in [0.3, 0.4) is 0 Å². The molecule has 3 rings (SSSR count). The molecule has 0 amide bonds. The Morgan fingerprint density at radius 3 is 2.19 bits per heavy atom. The lowest BCUT2D eigenvalue weighted by atomic mass is 10.0. The number of aromatic nitrogens is 3. The lowest BCUT2D eigenvalue weighted by Gasteiger charge is -2.15. The fraction of sp³-hybridized carbons (Fsp3) is 0.211. The Morgan fingerprint density at radius 1 is 1.04 bits per heavy atom. The third-order valence-electron chi connectivity index (χ3n) is 4.14. The number of nitrogen functional groups attached to an aromatic ring is 1. The van der Waals surface area contributed by atoms with Crippen LogP contribution in [0.5, 0.6) is 17.2 Å². The van der Waals surface area contributed by atoms with Gasteiger partial charge in [0.25, 0.3) is 0 Å². The second-order valence-corrected chi connectivity index (χ2v) is 5.74. The molecule has 0 radical (unpaired) electrons. The maximum atomic E-state index is 9.51. The van der Waals surface area contributed by atoms with Crippen LogP contribution in [-0.4, -0.2) is 36.1 Å². The van der Waals surface area contributed by atoms with E-state index in [4.69, 9.17) is 19.9 Å². The largest absolute Gasteiger partial charge is 0.493 e. The van der Waals surface area contributed by atoms with Gasteiger partial charge >= 0.3 is 0 Å². The molecule has 27 heavy (non-hydrogen) atoms. The van der Waals surface area contributed by atoms with Gasteiger partial charge in [0.2, 0.25) is 5.75 Å². The highest BCUT2D eigenvalue weighted by Gasteiger charge is 2.18. The van der Waals surface area contributed by atoms with E-state index in [1.54, 1.807) is 57.5 Å². The Morgan fingerprint density at radius 2 is 1.70 bits per heavy atom. The molecule has 2 N–H and O–H groups in total. The molecule has 0 aliphatic carbocycles. The Labute approximate surface area is 156 Å². The summed E-state index contributed by atoms with van der Waals surface area (Å²) in [5.74, 6) is 1.62. The molecule has 138 valence electrons. The zero-order valence-corrected chi connectivity index (χ0v) is 15.5. The smallest absolute Gasteiger partial charge is 0.203 e. The molecule has 2 aromatic heterocycles. The molecule has 0 bridgehead atoms. The van der Waals surface area contributed by atoms with Crippen molar-refractivity contribution in [2.24, 2.45) is 7.05 Å². The second-order valence-electron chi connectivity index (χ2n) is 5.74. The summed E-state index contributed by atoms with van der Waals surface area (Å²) in [6.07, 6.45) is 3.49. The van der Waals surface area contributed by atoms with Gasteiger partial charge in [-0.05, 0) is 18.2 Å². The van der Waals surface area contributed by atoms with Gasteiger partial charge in [-0.2, -0.15) is 10.4 Å². The number of nitrogens with zero attached hydrogens (tertiary/aromatic N) is 4. The zero-order chi connectivity index (χ0) is 19.6. The highest BCUT2D eigenvalue weighted by molar-refractivity contribution is 5.80. The molecule has 0 saturated heterocycles. The molecule has 0 fully saturated rings. The van der Waals surface area contributed by atoms with E-state index in [0.717, 1.165) is 5.56 Å². The number of hydrogen-bond donors (Lipinski definition) is 1. The Kier molecular flexibility index (Phi) is 4.86. The summed E-state index contributed by atoms with van der Waals surface area (Å²) in [6, 6.07) is 7.48. The van der Waals surface area contributed by atoms with Crippen LogP contribution >= 0.6 is 0 Å². The van der Waals surface area contributed by atoms with Crippen LogP contribution in [-0.2, 0) is 7.05 Å². The summed E-state index contributed by atoms with van der Waals surface area (Å²) in [5, 5.41) is 13.7. The molecule has 1 aromatic carbocycles. The normalized spacial score (nSPS) is 10.3. The van der Waals surface area contributed by atoms with Crippen LogP contribution in [0, 0.1) is 11.3 Å². The minimum atomic E-state index is 0.141. The molecule has 0 aliphatic rings. The predicted molar refractivity (Wildman–Crippen MR) is 101 cm³/mol. The SMILES string of the molecule is COc1cc(-c2cc(-c3cnn(C)c3)c(C#N)c(N)n2)cc(OC)c1OC. The van der Waals surface area contributed by atoms with Gasteiger partial charge in [-0.3, -0.25) is 4.68 Å². The molecule has 0 atom stereocenters. The number of hydrogen-bond acceptors (Lipinski definition) is 7. The van der Waals surface area contributed by atoms with Crippen LogP contribution in [0.1, 0.15) is 5.56 Å². The predicted octanol–water partition coefficient (Wildman–Crippen LogP) is 2.63. The molecule has 0 aliphatic heterocycles. The van der Waals surface area contributed by atoms with Crippen molar-refractivity contribution in [3.63, 3.8) is 0 Å². The summed E-state index contributed by atoms with van der Waals surface area (Å²) in [4.78, 5) is 4.39. The molecular formula is C19H19N5O3. The molecule has 8 heteroatoms. The molecule has 3 aromatic rings. The van der Waals surface area contributed by atoms with Crippen molar-refractivity contribution in [3.05, 3.63) is 36.2 Å². The number of aryl methyl sites for hydroxylation is 1. The Balaban J connectivity index is 2.24. The second kappa shape index (κ2) is 7.25. The van der Waals surface area contributed by atoms with Crippen LogP contribution in [0.15, 0.2) is 30.6 Å². The van der Waals surface area contributed by atoms with Crippen molar-refractivity contribution in [2.75, 3.05) is 27.1 Å². The van der Waals surface area contributed by atoms with Gasteiger partial charge in [-0.1, -0.05) is 0 Å². The molecule has 0 saturated carbocycles. The van der Waals surface area contributed by atoms with Crippen LogP contribution in [0.2, 0.25) is 0 Å². The first-order chi connectivity index (χ1) is 13.0. The fourth-order valence-corrected chi connectivity index (χ4v) is 2.85. The summed E-state index contributed by atoms with van der Waals surface area (Å²) in [5.41, 5.74) is 9.08. The molecule has 2 heterocycles. The average Bonchev–Trinajstić information content (AvgIpc) is 3.12. The van der Waals surface area contributed by atoms with Crippen LogP contribution in [0.4, 0.5) is 5.82 Å². The van der Waals surface area contributed by atoms with E-state index in [0.29, 0.717) is 39.6 Å². The lowest BCUT2D eigenvalue weighted by Crippen LogP contribution is -2.01. The number of benzene rings is 1. The number of pyridine rings is 1. The quantitative estimate of drug-likeness (QED) is 0.740. The fourth-order valence-electron chi connectivity index (χ4n) is 2.85. The minimum absolute atomic E-state index is 0.141. The maximum absolute atomic E-state index is 9.51. The topological polar surface area (TPSA) is 108 Å². The third-order valence-corrected chi connectivity index (χ3v) is 4.14. The van der Waals surface area contributed by atoms with E-state index in [1.165, 1.54) is 0 Å². The summed E-state index contributed by atoms with van der Waals surface area (Å²) >= 11 is 0. The summed E-state index contributed by atoms with van der Waals surface area (Å²) in [6.45, 7) is 0. The Hall–Kier alpha value is -3.73. The van der Waals surface area contributed by atoms with Crippen molar-refractivity contribution < 1.29 is 14.2 Å². The highest BCUT2D eigenvalue weighted by atomic mass is 16.5. The van der Waals surface area contributed by atoms with Gasteiger partial charge in [0.05, 0.1) is 33.2 Å². The van der Waals surface area contributed by atoms with E-state index in [1.807, 2.05) is 6.20 Å². The van der Waals surface area contributed by atoms with Gasteiger partial charge < -0.3 is 19.9 Å². The average molecular weight is 365 g/mol. The third kappa shape index (κ3) is 3.22. The number of ether oxygens (including phenoxy) is 3. The van der Waals surface area contributed by atoms with Gasteiger partial charge in [-0.25, -0.2) is 4.98 Å². The maximum Gasteiger partial charge on any atom is 0.203 e. The van der Waals surface area contributed by atoms with Gasteiger partial charge in [-0.15, -0.1) is 0 Å². The van der Waals surface area contributed by atoms with Crippen molar-refractivity contribution in [1.29, 1.82) is 5.26 Å². The van der Waals surface area contributed by atoms with Gasteiger partial charge in [0, 0.05) is 29.9 Å². The summed E-state index contributed by atoms with van der Waals surface area (Å²) < 4.78 is 17.8. The van der Waals surface area contributed by atoms with E-state index in [-0.39, 0.29) is 5.82 Å². The molecule has 0 spiro atoms. The van der Waals surface area contributed by atoms with Gasteiger partial charge in [0.15, 0.2) is 11.5 Å². The van der Waals surface area contributed by atoms with Crippen LogP contribution < -0.4 is 19.9 Å². The summed E-state index contributed by atoms with van der Waals surface area (Å²) in [7, 11) is 6.43. The van der Waals surface area contributed by atoms with Crippen molar-refractivity contribution in [3.8, 4) is 45.7 Å². The van der Waals surface area contributed by atoms with E-state index >= 15 is 0 Å². The first-order valence-corrected chi connectivity index (χ1v) is 8.02. The van der Waals surface area contributed by atoms with Crippen LogP contribution in [0.25, 0.3) is 22.4 Å². The Bertz CT molecular complexity index is 1010. The highest BCUT2D eigenvalue weighted by Crippen LogP contribution is 2.41. The monoisotopic (exact) mass is 365 g/mol.